The number of aryl methyl sites for hydroxylation is 1. The van der Waals surface area contributed by atoms with Crippen molar-refractivity contribution in [2.75, 3.05) is 0 Å². The number of esters is 1. The Hall–Kier alpha value is -1.78. The zero-order valence-corrected chi connectivity index (χ0v) is 11.6. The number of carboxylic acid groups (broad SMARTS) is 1. The van der Waals surface area contributed by atoms with E-state index in [0.717, 1.165) is 6.42 Å². The molecule has 1 aromatic rings. The summed E-state index contributed by atoms with van der Waals surface area (Å²) >= 11 is 0. The average Bonchev–Trinajstić information content (AvgIpc) is 2.70. The van der Waals surface area contributed by atoms with Crippen LogP contribution in [0.15, 0.2) is 16.5 Å². The predicted molar refractivity (Wildman–Crippen MR) is 69.1 cm³/mol. The molecule has 5 nitrogen and oxygen atoms in total. The van der Waals surface area contributed by atoms with Gasteiger partial charge >= 0.3 is 11.9 Å². The summed E-state index contributed by atoms with van der Waals surface area (Å²) in [5, 5.41) is 8.70. The molecule has 0 aliphatic heterocycles. The molecule has 0 spiro atoms. The minimum absolute atomic E-state index is 0.0536. The maximum absolute atomic E-state index is 11.4. The zero-order valence-electron chi connectivity index (χ0n) is 11.6. The lowest BCUT2D eigenvalue weighted by molar-refractivity contribution is -0.154. The molecule has 1 heterocycles. The highest BCUT2D eigenvalue weighted by Gasteiger charge is 2.15. The zero-order chi connectivity index (χ0) is 14.5. The molecule has 1 aromatic heterocycles. The third kappa shape index (κ3) is 6.08. The minimum Gasteiger partial charge on any atom is -0.475 e. The summed E-state index contributed by atoms with van der Waals surface area (Å²) in [5.41, 5.74) is -0.450. The molecular formula is C14H20O5. The number of furan rings is 1. The van der Waals surface area contributed by atoms with Gasteiger partial charge in [-0.25, -0.2) is 4.79 Å². The molecule has 0 aromatic carbocycles. The van der Waals surface area contributed by atoms with Gasteiger partial charge in [0.15, 0.2) is 0 Å². The van der Waals surface area contributed by atoms with Gasteiger partial charge in [0, 0.05) is 12.8 Å². The number of aromatic carboxylic acids is 1. The summed E-state index contributed by atoms with van der Waals surface area (Å²) in [6, 6.07) is 3.09. The van der Waals surface area contributed by atoms with Crippen LogP contribution in [0.1, 0.15) is 56.3 Å². The maximum atomic E-state index is 11.4. The number of carboxylic acids is 1. The number of unbranched alkanes of at least 4 members (excludes halogenated alkanes) is 1. The molecule has 0 saturated heterocycles. The topological polar surface area (TPSA) is 76.7 Å². The quantitative estimate of drug-likeness (QED) is 0.634. The molecular weight excluding hydrogens is 248 g/mol. The number of ether oxygens (including phenoxy) is 1. The normalized spacial score (nSPS) is 11.3. The van der Waals surface area contributed by atoms with Crippen LogP contribution in [0.2, 0.25) is 0 Å². The molecule has 0 atom stereocenters. The van der Waals surface area contributed by atoms with Crippen molar-refractivity contribution in [2.24, 2.45) is 0 Å². The van der Waals surface area contributed by atoms with E-state index in [2.05, 4.69) is 0 Å². The van der Waals surface area contributed by atoms with E-state index in [9.17, 15) is 9.59 Å². The van der Waals surface area contributed by atoms with Crippen molar-refractivity contribution in [3.8, 4) is 0 Å². The van der Waals surface area contributed by atoms with E-state index in [4.69, 9.17) is 14.3 Å². The Morgan fingerprint density at radius 1 is 1.26 bits per heavy atom. The van der Waals surface area contributed by atoms with Gasteiger partial charge < -0.3 is 14.3 Å². The van der Waals surface area contributed by atoms with Gasteiger partial charge in [-0.15, -0.1) is 0 Å². The number of hydrogen-bond acceptors (Lipinski definition) is 4. The third-order valence-electron chi connectivity index (χ3n) is 2.35. The van der Waals surface area contributed by atoms with Crippen LogP contribution in [0, 0.1) is 0 Å². The second-order valence-electron chi connectivity index (χ2n) is 5.36. The van der Waals surface area contributed by atoms with Crippen molar-refractivity contribution >= 4 is 11.9 Å². The van der Waals surface area contributed by atoms with Crippen LogP contribution >= 0.6 is 0 Å². The second kappa shape index (κ2) is 6.41. The van der Waals surface area contributed by atoms with E-state index in [1.54, 1.807) is 6.07 Å². The van der Waals surface area contributed by atoms with E-state index < -0.39 is 11.6 Å². The average molecular weight is 268 g/mol. The number of rotatable bonds is 6. The first-order valence-electron chi connectivity index (χ1n) is 6.32. The molecule has 0 saturated carbocycles. The summed E-state index contributed by atoms with van der Waals surface area (Å²) in [6.45, 7) is 5.50. The first kappa shape index (κ1) is 15.3. The molecule has 0 fully saturated rings. The molecule has 19 heavy (non-hydrogen) atoms. The van der Waals surface area contributed by atoms with Crippen LogP contribution < -0.4 is 0 Å². The summed E-state index contributed by atoms with van der Waals surface area (Å²) in [5.74, 6) is -0.707. The Morgan fingerprint density at radius 2 is 1.95 bits per heavy atom. The fourth-order valence-corrected chi connectivity index (χ4v) is 1.59. The van der Waals surface area contributed by atoms with Gasteiger partial charge in [0.05, 0.1) is 0 Å². The van der Waals surface area contributed by atoms with Crippen molar-refractivity contribution in [2.45, 2.75) is 52.1 Å². The fraction of sp³-hybridized carbons (Fsp3) is 0.571. The third-order valence-corrected chi connectivity index (χ3v) is 2.35. The van der Waals surface area contributed by atoms with E-state index in [1.807, 2.05) is 20.8 Å². The van der Waals surface area contributed by atoms with Gasteiger partial charge in [0.2, 0.25) is 5.76 Å². The molecule has 0 amide bonds. The summed E-state index contributed by atoms with van der Waals surface area (Å²) in [4.78, 5) is 22.1. The number of carbonyl (C=O) groups excluding carboxylic acids is 1. The second-order valence-corrected chi connectivity index (χ2v) is 5.36. The van der Waals surface area contributed by atoms with Crippen molar-refractivity contribution in [3.05, 3.63) is 23.7 Å². The lowest BCUT2D eigenvalue weighted by Crippen LogP contribution is -2.23. The van der Waals surface area contributed by atoms with Crippen LogP contribution in [0.4, 0.5) is 0 Å². The SMILES string of the molecule is CC(C)(C)OC(=O)CCCCc1ccc(C(=O)O)o1. The highest BCUT2D eigenvalue weighted by molar-refractivity contribution is 5.84. The lowest BCUT2D eigenvalue weighted by atomic mass is 10.1. The molecule has 0 unspecified atom stereocenters. The van der Waals surface area contributed by atoms with Gasteiger partial charge in [0.25, 0.3) is 0 Å². The smallest absolute Gasteiger partial charge is 0.371 e. The molecule has 0 radical (unpaired) electrons. The van der Waals surface area contributed by atoms with Crippen molar-refractivity contribution < 1.29 is 23.8 Å². The van der Waals surface area contributed by atoms with E-state index in [0.29, 0.717) is 25.0 Å². The Kier molecular flexibility index (Phi) is 5.15. The van der Waals surface area contributed by atoms with Crippen LogP contribution in [0.5, 0.6) is 0 Å². The monoisotopic (exact) mass is 268 g/mol. The lowest BCUT2D eigenvalue weighted by Gasteiger charge is -2.19. The van der Waals surface area contributed by atoms with Crippen molar-refractivity contribution in [1.29, 1.82) is 0 Å². The highest BCUT2D eigenvalue weighted by atomic mass is 16.6. The van der Waals surface area contributed by atoms with Gasteiger partial charge in [-0.2, -0.15) is 0 Å². The fourth-order valence-electron chi connectivity index (χ4n) is 1.59. The van der Waals surface area contributed by atoms with Gasteiger partial charge in [-0.1, -0.05) is 0 Å². The molecule has 106 valence electrons. The maximum Gasteiger partial charge on any atom is 0.371 e. The van der Waals surface area contributed by atoms with Crippen molar-refractivity contribution in [1.82, 2.24) is 0 Å². The van der Waals surface area contributed by atoms with E-state index in [-0.39, 0.29) is 11.7 Å². The Morgan fingerprint density at radius 3 is 2.47 bits per heavy atom. The largest absolute Gasteiger partial charge is 0.475 e. The van der Waals surface area contributed by atoms with Crippen LogP contribution in [-0.4, -0.2) is 22.6 Å². The van der Waals surface area contributed by atoms with Gasteiger partial charge in [-0.3, -0.25) is 4.79 Å². The standard InChI is InChI=1S/C14H20O5/c1-14(2,3)19-12(15)7-5-4-6-10-8-9-11(18-10)13(16)17/h8-9H,4-7H2,1-3H3,(H,16,17). The van der Waals surface area contributed by atoms with Crippen LogP contribution in [0.3, 0.4) is 0 Å². The summed E-state index contributed by atoms with van der Waals surface area (Å²) < 4.78 is 10.3. The van der Waals surface area contributed by atoms with E-state index >= 15 is 0 Å². The van der Waals surface area contributed by atoms with Gasteiger partial charge in [-0.05, 0) is 45.7 Å². The molecule has 1 rings (SSSR count). The van der Waals surface area contributed by atoms with Gasteiger partial charge in [0.1, 0.15) is 11.4 Å². The first-order valence-corrected chi connectivity index (χ1v) is 6.32. The first-order chi connectivity index (χ1) is 8.78. The Labute approximate surface area is 112 Å². The summed E-state index contributed by atoms with van der Waals surface area (Å²) in [6.07, 6.45) is 2.43. The Bertz CT molecular complexity index is 439. The van der Waals surface area contributed by atoms with E-state index in [1.165, 1.54) is 6.07 Å². The Balaban J connectivity index is 2.23. The van der Waals surface area contributed by atoms with Crippen LogP contribution in [-0.2, 0) is 16.0 Å². The number of hydrogen-bond donors (Lipinski definition) is 1. The minimum atomic E-state index is -1.07. The predicted octanol–water partition coefficient (Wildman–Crippen LogP) is 3.03. The number of carbonyl (C=O) groups is 2. The molecule has 0 aliphatic rings. The molecule has 0 aliphatic carbocycles. The highest BCUT2D eigenvalue weighted by Crippen LogP contribution is 2.13. The van der Waals surface area contributed by atoms with Crippen LogP contribution in [0.25, 0.3) is 0 Å². The molecule has 5 heteroatoms. The van der Waals surface area contributed by atoms with Crippen molar-refractivity contribution in [3.63, 3.8) is 0 Å². The summed E-state index contributed by atoms with van der Waals surface area (Å²) in [7, 11) is 0. The molecule has 0 bridgehead atoms. The molecule has 1 N–H and O–H groups in total.